The van der Waals surface area contributed by atoms with Crippen LogP contribution >= 0.6 is 0 Å². The van der Waals surface area contributed by atoms with Crippen molar-refractivity contribution in [3.05, 3.63) is 12.3 Å². The number of carbonyl (C=O) groups is 1. The maximum atomic E-state index is 12.2. The fraction of sp³-hybridized carbons (Fsp3) is 0.692. The van der Waals surface area contributed by atoms with Gasteiger partial charge in [0.2, 0.25) is 5.91 Å². The molecule has 1 unspecified atom stereocenters. The van der Waals surface area contributed by atoms with Gasteiger partial charge in [0.1, 0.15) is 12.4 Å². The Morgan fingerprint density at radius 1 is 1.53 bits per heavy atom. The summed E-state index contributed by atoms with van der Waals surface area (Å²) in [5, 5.41) is 4.05. The Morgan fingerprint density at radius 2 is 2.26 bits per heavy atom. The molecule has 0 aliphatic carbocycles. The van der Waals surface area contributed by atoms with Gasteiger partial charge in [-0.3, -0.25) is 14.4 Å². The van der Waals surface area contributed by atoms with Crippen LogP contribution in [0, 0.1) is 0 Å². The third kappa shape index (κ3) is 3.26. The molecule has 1 aromatic heterocycles. The van der Waals surface area contributed by atoms with Gasteiger partial charge in [-0.2, -0.15) is 5.10 Å². The molecule has 1 aliphatic rings. The molecule has 0 spiro atoms. The normalized spacial score (nSPS) is 19.3. The highest BCUT2D eigenvalue weighted by atomic mass is 16.2. The molecule has 6 nitrogen and oxygen atoms in total. The highest BCUT2D eigenvalue weighted by Gasteiger charge is 2.29. The Balaban J connectivity index is 1.88. The summed E-state index contributed by atoms with van der Waals surface area (Å²) >= 11 is 0. The van der Waals surface area contributed by atoms with Gasteiger partial charge in [0.15, 0.2) is 0 Å². The van der Waals surface area contributed by atoms with Gasteiger partial charge in [-0.05, 0) is 25.6 Å². The van der Waals surface area contributed by atoms with E-state index in [2.05, 4.69) is 23.8 Å². The SMILES string of the molecule is CCN(CC)C1CCN(C(=O)Cn2ccc(N)n2)C1. The summed E-state index contributed by atoms with van der Waals surface area (Å²) in [5.41, 5.74) is 5.54. The van der Waals surface area contributed by atoms with Crippen LogP contribution in [0.5, 0.6) is 0 Å². The molecule has 1 amide bonds. The van der Waals surface area contributed by atoms with Crippen molar-refractivity contribution in [2.75, 3.05) is 31.9 Å². The summed E-state index contributed by atoms with van der Waals surface area (Å²) in [6.45, 7) is 8.37. The number of nitrogen functional groups attached to an aromatic ring is 1. The van der Waals surface area contributed by atoms with Crippen LogP contribution < -0.4 is 5.73 Å². The quantitative estimate of drug-likeness (QED) is 0.837. The van der Waals surface area contributed by atoms with Crippen LogP contribution in [0.3, 0.4) is 0 Å². The first-order valence-corrected chi connectivity index (χ1v) is 6.94. The van der Waals surface area contributed by atoms with Gasteiger partial charge in [0, 0.05) is 25.3 Å². The molecule has 6 heteroatoms. The fourth-order valence-electron chi connectivity index (χ4n) is 2.71. The van der Waals surface area contributed by atoms with Crippen LogP contribution in [-0.4, -0.2) is 57.7 Å². The van der Waals surface area contributed by atoms with Gasteiger partial charge in [-0.25, -0.2) is 0 Å². The third-order valence-electron chi connectivity index (χ3n) is 3.80. The highest BCUT2D eigenvalue weighted by Crippen LogP contribution is 2.15. The molecule has 0 radical (unpaired) electrons. The summed E-state index contributed by atoms with van der Waals surface area (Å²) in [6.07, 6.45) is 2.81. The van der Waals surface area contributed by atoms with Crippen molar-refractivity contribution in [3.63, 3.8) is 0 Å². The zero-order chi connectivity index (χ0) is 13.8. The number of nitrogens with zero attached hydrogens (tertiary/aromatic N) is 4. The predicted octanol–water partition coefficient (Wildman–Crippen LogP) is 0.408. The van der Waals surface area contributed by atoms with E-state index in [0.29, 0.717) is 11.9 Å². The van der Waals surface area contributed by atoms with Crippen molar-refractivity contribution in [1.82, 2.24) is 19.6 Å². The lowest BCUT2D eigenvalue weighted by Crippen LogP contribution is -2.39. The van der Waals surface area contributed by atoms with Gasteiger partial charge in [0.05, 0.1) is 0 Å². The maximum absolute atomic E-state index is 12.2. The van der Waals surface area contributed by atoms with Crippen LogP contribution in [0.4, 0.5) is 5.82 Å². The summed E-state index contributed by atoms with van der Waals surface area (Å²) in [4.78, 5) is 16.5. The summed E-state index contributed by atoms with van der Waals surface area (Å²) < 4.78 is 1.60. The number of anilines is 1. The molecular formula is C13H23N5O. The zero-order valence-corrected chi connectivity index (χ0v) is 11.7. The van der Waals surface area contributed by atoms with E-state index < -0.39 is 0 Å². The number of aromatic nitrogens is 2. The van der Waals surface area contributed by atoms with Crippen molar-refractivity contribution >= 4 is 11.7 Å². The Labute approximate surface area is 114 Å². The Hall–Kier alpha value is -1.56. The molecule has 2 heterocycles. The highest BCUT2D eigenvalue weighted by molar-refractivity contribution is 5.76. The zero-order valence-electron chi connectivity index (χ0n) is 11.7. The summed E-state index contributed by atoms with van der Waals surface area (Å²) in [5.74, 6) is 0.577. The second-order valence-corrected chi connectivity index (χ2v) is 4.94. The van der Waals surface area contributed by atoms with E-state index in [1.807, 2.05) is 4.90 Å². The molecule has 2 N–H and O–H groups in total. The lowest BCUT2D eigenvalue weighted by Gasteiger charge is -2.26. The number of hydrogen-bond acceptors (Lipinski definition) is 4. The van der Waals surface area contributed by atoms with E-state index in [4.69, 9.17) is 5.73 Å². The van der Waals surface area contributed by atoms with Crippen molar-refractivity contribution < 1.29 is 4.79 Å². The minimum absolute atomic E-state index is 0.123. The second-order valence-electron chi connectivity index (χ2n) is 4.94. The van der Waals surface area contributed by atoms with Crippen LogP contribution in [0.15, 0.2) is 12.3 Å². The third-order valence-corrected chi connectivity index (χ3v) is 3.80. The van der Waals surface area contributed by atoms with Crippen LogP contribution in [-0.2, 0) is 11.3 Å². The Bertz CT molecular complexity index is 426. The molecule has 2 rings (SSSR count). The molecule has 0 aromatic carbocycles. The Morgan fingerprint density at radius 3 is 2.84 bits per heavy atom. The predicted molar refractivity (Wildman–Crippen MR) is 74.5 cm³/mol. The molecular weight excluding hydrogens is 242 g/mol. The average Bonchev–Trinajstić information content (AvgIpc) is 3.01. The molecule has 0 bridgehead atoms. The van der Waals surface area contributed by atoms with Crippen molar-refractivity contribution in [2.24, 2.45) is 0 Å². The van der Waals surface area contributed by atoms with Gasteiger partial charge >= 0.3 is 0 Å². The van der Waals surface area contributed by atoms with Crippen molar-refractivity contribution in [2.45, 2.75) is 32.9 Å². The first-order valence-electron chi connectivity index (χ1n) is 6.94. The van der Waals surface area contributed by atoms with Crippen LogP contribution in [0.1, 0.15) is 20.3 Å². The molecule has 0 saturated carbocycles. The van der Waals surface area contributed by atoms with Gasteiger partial charge in [-0.15, -0.1) is 0 Å². The molecule has 1 fully saturated rings. The van der Waals surface area contributed by atoms with Crippen LogP contribution in [0.25, 0.3) is 0 Å². The number of rotatable bonds is 5. The monoisotopic (exact) mass is 265 g/mol. The molecule has 19 heavy (non-hydrogen) atoms. The van der Waals surface area contributed by atoms with E-state index >= 15 is 0 Å². The van der Waals surface area contributed by atoms with Gasteiger partial charge in [-0.1, -0.05) is 13.8 Å². The largest absolute Gasteiger partial charge is 0.382 e. The Kier molecular flexibility index (Phi) is 4.42. The molecule has 1 saturated heterocycles. The molecule has 1 aromatic rings. The van der Waals surface area contributed by atoms with E-state index in [1.54, 1.807) is 16.9 Å². The van der Waals surface area contributed by atoms with Crippen molar-refractivity contribution in [1.29, 1.82) is 0 Å². The van der Waals surface area contributed by atoms with E-state index in [1.165, 1.54) is 0 Å². The lowest BCUT2D eigenvalue weighted by atomic mass is 10.2. The minimum atomic E-state index is 0.123. The molecule has 1 aliphatic heterocycles. The van der Waals surface area contributed by atoms with E-state index in [9.17, 15) is 4.79 Å². The average molecular weight is 265 g/mol. The molecule has 106 valence electrons. The van der Waals surface area contributed by atoms with E-state index in [-0.39, 0.29) is 12.5 Å². The van der Waals surface area contributed by atoms with Gasteiger partial charge in [0.25, 0.3) is 0 Å². The smallest absolute Gasteiger partial charge is 0.244 e. The summed E-state index contributed by atoms with van der Waals surface area (Å²) in [7, 11) is 0. The van der Waals surface area contributed by atoms with Crippen molar-refractivity contribution in [3.8, 4) is 0 Å². The summed E-state index contributed by atoms with van der Waals surface area (Å²) in [6, 6.07) is 2.21. The van der Waals surface area contributed by atoms with Gasteiger partial charge < -0.3 is 10.6 Å². The topological polar surface area (TPSA) is 67.4 Å². The number of hydrogen-bond donors (Lipinski definition) is 1. The minimum Gasteiger partial charge on any atom is -0.382 e. The maximum Gasteiger partial charge on any atom is 0.244 e. The number of nitrogens with two attached hydrogens (primary N) is 1. The standard InChI is InChI=1S/C13H23N5O/c1-3-16(4-2)11-5-7-17(9-11)13(19)10-18-8-6-12(14)15-18/h6,8,11H,3-5,7,9-10H2,1-2H3,(H2,14,15). The second kappa shape index (κ2) is 6.06. The van der Waals surface area contributed by atoms with E-state index in [0.717, 1.165) is 32.6 Å². The first kappa shape index (κ1) is 13.9. The fourth-order valence-corrected chi connectivity index (χ4v) is 2.71. The first-order chi connectivity index (χ1) is 9.13. The number of amides is 1. The lowest BCUT2D eigenvalue weighted by molar-refractivity contribution is -0.131. The number of likely N-dealkylation sites (tertiary alicyclic amines) is 1. The number of carbonyl (C=O) groups excluding carboxylic acids is 1. The van der Waals surface area contributed by atoms with Crippen LogP contribution in [0.2, 0.25) is 0 Å². The number of likely N-dealkylation sites (N-methyl/N-ethyl adjacent to an activating group) is 1. The molecule has 1 atom stereocenters.